The summed E-state index contributed by atoms with van der Waals surface area (Å²) in [5, 5.41) is 10.8. The minimum Gasteiger partial charge on any atom is -0.296 e. The van der Waals surface area contributed by atoms with Crippen LogP contribution < -0.4 is 10.0 Å². The molecule has 11 heteroatoms. The van der Waals surface area contributed by atoms with Crippen molar-refractivity contribution in [3.63, 3.8) is 0 Å². The summed E-state index contributed by atoms with van der Waals surface area (Å²) >= 11 is 8.13. The first-order valence-electron chi connectivity index (χ1n) is 8.43. The number of hydrogen-bond acceptors (Lipinski definition) is 7. The van der Waals surface area contributed by atoms with E-state index in [1.807, 2.05) is 31.2 Å². The summed E-state index contributed by atoms with van der Waals surface area (Å²) in [5.41, 5.74) is 1.48. The second kappa shape index (κ2) is 9.68. The van der Waals surface area contributed by atoms with Crippen molar-refractivity contribution in [3.05, 3.63) is 64.7 Å². The second-order valence-corrected chi connectivity index (χ2v) is 10.4. The van der Waals surface area contributed by atoms with E-state index in [0.717, 1.165) is 21.8 Å². The molecule has 0 saturated carbocycles. The molecule has 0 bridgehead atoms. The third-order valence-corrected chi connectivity index (χ3v) is 7.58. The Bertz CT molecular complexity index is 1080. The monoisotopic (exact) mass is 468 g/mol. The first-order chi connectivity index (χ1) is 13.8. The maximum Gasteiger partial charge on any atom is 0.269 e. The first-order valence-corrected chi connectivity index (χ1v) is 12.1. The van der Waals surface area contributed by atoms with Crippen molar-refractivity contribution in [2.24, 2.45) is 0 Å². The highest BCUT2D eigenvalue weighted by Gasteiger charge is 2.20. The fraction of sp³-hybridized carbons (Fsp3) is 0.167. The minimum absolute atomic E-state index is 0.117. The topological polar surface area (TPSA) is 101 Å². The maximum absolute atomic E-state index is 12.4. The summed E-state index contributed by atoms with van der Waals surface area (Å²) in [4.78, 5) is 13.2. The van der Waals surface area contributed by atoms with Gasteiger partial charge in [0.05, 0.1) is 0 Å². The molecular formula is C18H17ClN4O3S3. The number of nitrogens with zero attached hydrogens (tertiary/aromatic N) is 2. The predicted octanol–water partition coefficient (Wildman–Crippen LogP) is 3.82. The van der Waals surface area contributed by atoms with Gasteiger partial charge in [-0.2, -0.15) is 0 Å². The van der Waals surface area contributed by atoms with E-state index >= 15 is 0 Å². The minimum atomic E-state index is -3.80. The molecule has 0 unspecified atom stereocenters. The molecule has 2 aromatic carbocycles. The Kier molecular flexibility index (Phi) is 7.25. The Balaban J connectivity index is 1.53. The third-order valence-electron chi connectivity index (χ3n) is 3.65. The van der Waals surface area contributed by atoms with Crippen LogP contribution in [0.2, 0.25) is 5.02 Å². The molecule has 0 atom stereocenters. The van der Waals surface area contributed by atoms with Crippen LogP contribution in [0.1, 0.15) is 15.9 Å². The lowest BCUT2D eigenvalue weighted by Crippen LogP contribution is -2.25. The molecule has 3 aromatic rings. The van der Waals surface area contributed by atoms with E-state index in [9.17, 15) is 13.2 Å². The molecule has 7 nitrogen and oxygen atoms in total. The molecule has 0 radical (unpaired) electrons. The highest BCUT2D eigenvalue weighted by atomic mass is 35.5. The lowest BCUT2D eigenvalue weighted by Gasteiger charge is -2.04. The summed E-state index contributed by atoms with van der Waals surface area (Å²) in [7, 11) is -3.80. The molecule has 152 valence electrons. The van der Waals surface area contributed by atoms with Crippen LogP contribution in [0.4, 0.5) is 5.13 Å². The Morgan fingerprint density at radius 2 is 1.79 bits per heavy atom. The predicted molar refractivity (Wildman–Crippen MR) is 116 cm³/mol. The number of benzene rings is 2. The van der Waals surface area contributed by atoms with Gasteiger partial charge in [-0.3, -0.25) is 10.1 Å². The molecule has 0 aliphatic rings. The van der Waals surface area contributed by atoms with E-state index in [1.165, 1.54) is 11.8 Å². The molecule has 1 heterocycles. The van der Waals surface area contributed by atoms with Gasteiger partial charge < -0.3 is 0 Å². The van der Waals surface area contributed by atoms with Gasteiger partial charge in [0, 0.05) is 27.8 Å². The first kappa shape index (κ1) is 21.7. The number of carbonyl (C=O) groups is 1. The number of anilines is 1. The smallest absolute Gasteiger partial charge is 0.269 e. The SMILES string of the molecule is Cc1ccc(C(=O)Nc2nnc(S(=O)(=O)NCCSc3ccc(Cl)cc3)s2)cc1. The van der Waals surface area contributed by atoms with Crippen molar-refractivity contribution in [2.45, 2.75) is 16.2 Å². The number of halogens is 1. The molecule has 0 fully saturated rings. The normalized spacial score (nSPS) is 11.4. The largest absolute Gasteiger partial charge is 0.296 e. The fourth-order valence-corrected chi connectivity index (χ4v) is 5.17. The quantitative estimate of drug-likeness (QED) is 0.296. The zero-order valence-corrected chi connectivity index (χ0v) is 18.5. The molecule has 0 saturated heterocycles. The zero-order valence-electron chi connectivity index (χ0n) is 15.3. The highest BCUT2D eigenvalue weighted by Crippen LogP contribution is 2.22. The molecule has 3 rings (SSSR count). The molecule has 0 aliphatic carbocycles. The van der Waals surface area contributed by atoms with Crippen LogP contribution in [0.15, 0.2) is 57.8 Å². The number of aromatic nitrogens is 2. The van der Waals surface area contributed by atoms with E-state index in [0.29, 0.717) is 16.3 Å². The average molecular weight is 469 g/mol. The van der Waals surface area contributed by atoms with Gasteiger partial charge in [0.2, 0.25) is 9.47 Å². The summed E-state index contributed by atoms with van der Waals surface area (Å²) in [5.74, 6) is 0.161. The van der Waals surface area contributed by atoms with E-state index in [-0.39, 0.29) is 21.9 Å². The van der Waals surface area contributed by atoms with Crippen molar-refractivity contribution in [1.29, 1.82) is 0 Å². The number of carbonyl (C=O) groups excluding carboxylic acids is 1. The number of nitrogens with one attached hydrogen (secondary N) is 2. The van der Waals surface area contributed by atoms with Crippen LogP contribution in [-0.2, 0) is 10.0 Å². The van der Waals surface area contributed by atoms with Gasteiger partial charge in [0.15, 0.2) is 0 Å². The Morgan fingerprint density at radius 3 is 2.48 bits per heavy atom. The molecule has 1 aromatic heterocycles. The van der Waals surface area contributed by atoms with E-state index in [2.05, 4.69) is 20.2 Å². The van der Waals surface area contributed by atoms with Gasteiger partial charge >= 0.3 is 0 Å². The third kappa shape index (κ3) is 6.25. The lowest BCUT2D eigenvalue weighted by atomic mass is 10.1. The Hall–Kier alpha value is -1.98. The summed E-state index contributed by atoms with van der Waals surface area (Å²) in [6.07, 6.45) is 0. The highest BCUT2D eigenvalue weighted by molar-refractivity contribution is 7.99. The molecule has 2 N–H and O–H groups in total. The average Bonchev–Trinajstić information content (AvgIpc) is 3.16. The number of amides is 1. The van der Waals surface area contributed by atoms with E-state index in [4.69, 9.17) is 11.6 Å². The maximum atomic E-state index is 12.4. The van der Waals surface area contributed by atoms with Crippen LogP contribution in [0, 0.1) is 6.92 Å². The van der Waals surface area contributed by atoms with Crippen molar-refractivity contribution in [1.82, 2.24) is 14.9 Å². The van der Waals surface area contributed by atoms with E-state index in [1.54, 1.807) is 24.3 Å². The van der Waals surface area contributed by atoms with Crippen molar-refractivity contribution in [3.8, 4) is 0 Å². The lowest BCUT2D eigenvalue weighted by molar-refractivity contribution is 0.102. The summed E-state index contributed by atoms with van der Waals surface area (Å²) in [6.45, 7) is 2.14. The van der Waals surface area contributed by atoms with Gasteiger partial charge in [-0.1, -0.05) is 40.6 Å². The molecule has 0 spiro atoms. The summed E-state index contributed by atoms with van der Waals surface area (Å²) in [6, 6.07) is 14.3. The van der Waals surface area contributed by atoms with Gasteiger partial charge in [-0.15, -0.1) is 22.0 Å². The number of sulfonamides is 1. The summed E-state index contributed by atoms with van der Waals surface area (Å²) < 4.78 is 27.0. The Morgan fingerprint density at radius 1 is 1.10 bits per heavy atom. The van der Waals surface area contributed by atoms with E-state index < -0.39 is 10.0 Å². The fourth-order valence-electron chi connectivity index (χ4n) is 2.18. The van der Waals surface area contributed by atoms with Crippen LogP contribution in [0.3, 0.4) is 0 Å². The number of aryl methyl sites for hydroxylation is 1. The molecule has 1 amide bonds. The van der Waals surface area contributed by atoms with Gasteiger partial charge in [-0.05, 0) is 43.3 Å². The van der Waals surface area contributed by atoms with Crippen molar-refractivity contribution >= 4 is 55.8 Å². The van der Waals surface area contributed by atoms with Crippen LogP contribution in [0.5, 0.6) is 0 Å². The van der Waals surface area contributed by atoms with Gasteiger partial charge in [0.1, 0.15) is 0 Å². The molecule has 29 heavy (non-hydrogen) atoms. The van der Waals surface area contributed by atoms with Crippen LogP contribution in [0.25, 0.3) is 0 Å². The van der Waals surface area contributed by atoms with Crippen molar-refractivity contribution in [2.75, 3.05) is 17.6 Å². The number of thioether (sulfide) groups is 1. The number of hydrogen-bond donors (Lipinski definition) is 2. The molecule has 0 aliphatic heterocycles. The Labute approximate surface area is 182 Å². The standard InChI is InChI=1S/C18H17ClN4O3S3/c1-12-2-4-13(5-3-12)16(24)21-17-22-23-18(28-17)29(25,26)20-10-11-27-15-8-6-14(19)7-9-15/h2-9,20H,10-11H2,1H3,(H,21,22,24). The van der Waals surface area contributed by atoms with Crippen LogP contribution >= 0.6 is 34.7 Å². The van der Waals surface area contributed by atoms with Crippen LogP contribution in [-0.4, -0.2) is 36.8 Å². The van der Waals surface area contributed by atoms with Gasteiger partial charge in [-0.25, -0.2) is 13.1 Å². The van der Waals surface area contributed by atoms with Gasteiger partial charge in [0.25, 0.3) is 15.9 Å². The second-order valence-electron chi connectivity index (χ2n) is 5.89. The van der Waals surface area contributed by atoms with Crippen molar-refractivity contribution < 1.29 is 13.2 Å². The molecular weight excluding hydrogens is 452 g/mol. The number of rotatable bonds is 8. The zero-order chi connectivity index (χ0) is 20.9.